The minimum atomic E-state index is 0.0877. The second-order valence-electron chi connectivity index (χ2n) is 9.36. The van der Waals surface area contributed by atoms with Crippen LogP contribution in [0.2, 0.25) is 0 Å². The second-order valence-corrected chi connectivity index (χ2v) is 9.36. The smallest absolute Gasteiger partial charge is 0.163 e. The normalized spacial score (nSPS) is 18.6. The SMILES string of the molecule is COc1cc2c3c(cnc2cc1OCCCN1CCCC1)CC(C)(C)N3C(C)C. The third-order valence-electron chi connectivity index (χ3n) is 6.31. The third-order valence-corrected chi connectivity index (χ3v) is 6.31. The van der Waals surface area contributed by atoms with Gasteiger partial charge in [-0.3, -0.25) is 4.98 Å². The molecule has 0 bridgehead atoms. The average molecular weight is 398 g/mol. The molecule has 1 aromatic carbocycles. The molecule has 0 aliphatic carbocycles. The predicted molar refractivity (Wildman–Crippen MR) is 119 cm³/mol. The molecule has 0 saturated carbocycles. The highest BCUT2D eigenvalue weighted by molar-refractivity contribution is 5.97. The predicted octanol–water partition coefficient (Wildman–Crippen LogP) is 4.66. The largest absolute Gasteiger partial charge is 0.493 e. The molecule has 0 unspecified atom stereocenters. The minimum Gasteiger partial charge on any atom is -0.493 e. The summed E-state index contributed by atoms with van der Waals surface area (Å²) in [6.07, 6.45) is 6.76. The molecular formula is C24H35N3O2. The van der Waals surface area contributed by atoms with Crippen molar-refractivity contribution in [1.82, 2.24) is 9.88 Å². The molecule has 1 saturated heterocycles. The van der Waals surface area contributed by atoms with E-state index in [2.05, 4.69) is 43.6 Å². The van der Waals surface area contributed by atoms with E-state index in [0.29, 0.717) is 12.6 Å². The van der Waals surface area contributed by atoms with Crippen LogP contribution in [0.4, 0.5) is 5.69 Å². The van der Waals surface area contributed by atoms with Crippen molar-refractivity contribution in [3.8, 4) is 11.5 Å². The van der Waals surface area contributed by atoms with Crippen molar-refractivity contribution in [2.75, 3.05) is 38.3 Å². The molecule has 29 heavy (non-hydrogen) atoms. The molecule has 0 amide bonds. The van der Waals surface area contributed by atoms with Crippen LogP contribution in [0.5, 0.6) is 11.5 Å². The van der Waals surface area contributed by atoms with Crippen molar-refractivity contribution in [2.24, 2.45) is 0 Å². The van der Waals surface area contributed by atoms with Gasteiger partial charge in [0.2, 0.25) is 0 Å². The van der Waals surface area contributed by atoms with Gasteiger partial charge in [-0.1, -0.05) is 0 Å². The van der Waals surface area contributed by atoms with Crippen molar-refractivity contribution in [1.29, 1.82) is 0 Å². The van der Waals surface area contributed by atoms with Crippen molar-refractivity contribution in [3.63, 3.8) is 0 Å². The Hall–Kier alpha value is -2.01. The molecule has 2 aliphatic rings. The molecule has 2 aliphatic heterocycles. The summed E-state index contributed by atoms with van der Waals surface area (Å²) in [5.74, 6) is 1.59. The van der Waals surface area contributed by atoms with Crippen LogP contribution >= 0.6 is 0 Å². The molecule has 0 radical (unpaired) electrons. The average Bonchev–Trinajstić information content (AvgIpc) is 3.28. The minimum absolute atomic E-state index is 0.0877. The Morgan fingerprint density at radius 2 is 1.90 bits per heavy atom. The van der Waals surface area contributed by atoms with Crippen LogP contribution in [0.3, 0.4) is 0 Å². The summed E-state index contributed by atoms with van der Waals surface area (Å²) < 4.78 is 11.8. The standard InChI is InChI=1S/C24H35N3O2/c1-17(2)27-23-18(15-24(27,3)4)16-25-20-14-22(21(28-5)13-19(20)23)29-12-8-11-26-9-6-7-10-26/h13-14,16-17H,6-12,15H2,1-5H3. The zero-order chi connectivity index (χ0) is 20.6. The summed E-state index contributed by atoms with van der Waals surface area (Å²) in [5.41, 5.74) is 3.68. The number of benzene rings is 1. The number of likely N-dealkylation sites (tertiary alicyclic amines) is 1. The summed E-state index contributed by atoms with van der Waals surface area (Å²) in [4.78, 5) is 9.82. The molecule has 1 fully saturated rings. The fourth-order valence-electron chi connectivity index (χ4n) is 5.20. The van der Waals surface area contributed by atoms with Gasteiger partial charge >= 0.3 is 0 Å². The van der Waals surface area contributed by atoms with Crippen molar-refractivity contribution in [3.05, 3.63) is 23.9 Å². The summed E-state index contributed by atoms with van der Waals surface area (Å²) in [6, 6.07) is 4.59. The van der Waals surface area contributed by atoms with Crippen LogP contribution in [0.25, 0.3) is 10.9 Å². The first-order valence-electron chi connectivity index (χ1n) is 11.0. The van der Waals surface area contributed by atoms with Crippen molar-refractivity contribution in [2.45, 2.75) is 65.0 Å². The molecular weight excluding hydrogens is 362 g/mol. The van der Waals surface area contributed by atoms with E-state index in [1.807, 2.05) is 12.3 Å². The van der Waals surface area contributed by atoms with Crippen molar-refractivity contribution >= 4 is 16.6 Å². The molecule has 0 N–H and O–H groups in total. The number of methoxy groups -OCH3 is 1. The van der Waals surface area contributed by atoms with Crippen molar-refractivity contribution < 1.29 is 9.47 Å². The van der Waals surface area contributed by atoms with Crippen LogP contribution in [0.15, 0.2) is 18.3 Å². The van der Waals surface area contributed by atoms with Crippen LogP contribution in [0, 0.1) is 0 Å². The Morgan fingerprint density at radius 1 is 1.14 bits per heavy atom. The van der Waals surface area contributed by atoms with Gasteiger partial charge in [0.15, 0.2) is 11.5 Å². The van der Waals surface area contributed by atoms with Gasteiger partial charge in [0.05, 0.1) is 24.9 Å². The molecule has 0 spiro atoms. The van der Waals surface area contributed by atoms with Crippen LogP contribution in [-0.4, -0.2) is 54.8 Å². The molecule has 158 valence electrons. The fraction of sp³-hybridized carbons (Fsp3) is 0.625. The van der Waals surface area contributed by atoms with Crippen LogP contribution in [-0.2, 0) is 6.42 Å². The number of rotatable bonds is 7. The Labute approximate surface area is 175 Å². The highest BCUT2D eigenvalue weighted by Gasteiger charge is 2.39. The summed E-state index contributed by atoms with van der Waals surface area (Å²) in [7, 11) is 1.72. The van der Waals surface area contributed by atoms with E-state index in [1.165, 1.54) is 37.2 Å². The number of hydrogen-bond acceptors (Lipinski definition) is 5. The number of fused-ring (bicyclic) bond motifs is 3. The number of hydrogen-bond donors (Lipinski definition) is 0. The first-order valence-corrected chi connectivity index (χ1v) is 11.0. The Bertz CT molecular complexity index is 872. The Morgan fingerprint density at radius 3 is 2.59 bits per heavy atom. The summed E-state index contributed by atoms with van der Waals surface area (Å²) in [5, 5.41) is 1.16. The number of anilines is 1. The molecule has 4 rings (SSSR count). The lowest BCUT2D eigenvalue weighted by Gasteiger charge is -2.38. The van der Waals surface area contributed by atoms with Gasteiger partial charge in [-0.05, 0) is 78.1 Å². The summed E-state index contributed by atoms with van der Waals surface area (Å²) >= 11 is 0. The van der Waals surface area contributed by atoms with Gasteiger partial charge in [-0.25, -0.2) is 0 Å². The second kappa shape index (κ2) is 8.02. The lowest BCUT2D eigenvalue weighted by atomic mass is 9.99. The summed E-state index contributed by atoms with van der Waals surface area (Å²) in [6.45, 7) is 13.4. The van der Waals surface area contributed by atoms with E-state index in [4.69, 9.17) is 14.5 Å². The number of ether oxygens (including phenoxy) is 2. The topological polar surface area (TPSA) is 37.8 Å². The molecule has 0 atom stereocenters. The van der Waals surface area contributed by atoms with E-state index < -0.39 is 0 Å². The molecule has 1 aromatic heterocycles. The van der Waals surface area contributed by atoms with E-state index in [1.54, 1.807) is 7.11 Å². The molecule has 5 nitrogen and oxygen atoms in total. The lowest BCUT2D eigenvalue weighted by Crippen LogP contribution is -2.45. The van der Waals surface area contributed by atoms with E-state index in [0.717, 1.165) is 41.8 Å². The zero-order valence-electron chi connectivity index (χ0n) is 18.6. The van der Waals surface area contributed by atoms with Gasteiger partial charge in [0.25, 0.3) is 0 Å². The molecule has 2 aromatic rings. The molecule has 3 heterocycles. The highest BCUT2D eigenvalue weighted by Crippen LogP contribution is 2.46. The van der Waals surface area contributed by atoms with Gasteiger partial charge in [0.1, 0.15) is 0 Å². The first kappa shape index (κ1) is 20.3. The van der Waals surface area contributed by atoms with Gasteiger partial charge in [-0.2, -0.15) is 0 Å². The fourth-order valence-corrected chi connectivity index (χ4v) is 5.20. The van der Waals surface area contributed by atoms with Crippen LogP contribution in [0.1, 0.15) is 52.5 Å². The molecule has 5 heteroatoms. The van der Waals surface area contributed by atoms with Gasteiger partial charge in [0, 0.05) is 35.8 Å². The third kappa shape index (κ3) is 3.89. The number of pyridine rings is 1. The monoisotopic (exact) mass is 397 g/mol. The van der Waals surface area contributed by atoms with Gasteiger partial charge < -0.3 is 19.3 Å². The zero-order valence-corrected chi connectivity index (χ0v) is 18.6. The highest BCUT2D eigenvalue weighted by atomic mass is 16.5. The van der Waals surface area contributed by atoms with Crippen LogP contribution < -0.4 is 14.4 Å². The first-order chi connectivity index (χ1) is 13.9. The van der Waals surface area contributed by atoms with E-state index >= 15 is 0 Å². The number of nitrogens with zero attached hydrogens (tertiary/aromatic N) is 3. The Kier molecular flexibility index (Phi) is 5.60. The maximum atomic E-state index is 6.13. The van der Waals surface area contributed by atoms with E-state index in [-0.39, 0.29) is 5.54 Å². The maximum Gasteiger partial charge on any atom is 0.163 e. The van der Waals surface area contributed by atoms with E-state index in [9.17, 15) is 0 Å². The quantitative estimate of drug-likeness (QED) is 0.636. The number of aromatic nitrogens is 1. The Balaban J connectivity index is 1.59. The van der Waals surface area contributed by atoms with Gasteiger partial charge in [-0.15, -0.1) is 0 Å². The maximum absolute atomic E-state index is 6.13. The lowest BCUT2D eigenvalue weighted by molar-refractivity contribution is 0.254.